The summed E-state index contributed by atoms with van der Waals surface area (Å²) in [5, 5.41) is 10.7. The van der Waals surface area contributed by atoms with Gasteiger partial charge in [0, 0.05) is 19.0 Å². The summed E-state index contributed by atoms with van der Waals surface area (Å²) >= 11 is 0. The Morgan fingerprint density at radius 1 is 1.40 bits per heavy atom. The van der Waals surface area contributed by atoms with Gasteiger partial charge >= 0.3 is 5.69 Å². The molecule has 132 valence electrons. The average molecular weight is 343 g/mol. The van der Waals surface area contributed by atoms with Gasteiger partial charge in [-0.3, -0.25) is 4.79 Å². The highest BCUT2D eigenvalue weighted by Crippen LogP contribution is 2.43. The molecule has 2 aromatic rings. The predicted octanol–water partition coefficient (Wildman–Crippen LogP) is 1.07. The third-order valence-electron chi connectivity index (χ3n) is 5.66. The number of nitrogens with one attached hydrogen (secondary N) is 1. The van der Waals surface area contributed by atoms with Gasteiger partial charge in [-0.05, 0) is 31.7 Å². The maximum atomic E-state index is 13.2. The molecule has 0 unspecified atom stereocenters. The molecule has 1 aromatic carbocycles. The summed E-state index contributed by atoms with van der Waals surface area (Å²) in [5.74, 6) is -0.277. The second-order valence-electron chi connectivity index (χ2n) is 6.90. The number of ether oxygens (including phenoxy) is 1. The third-order valence-corrected chi connectivity index (χ3v) is 5.66. The molecule has 2 fully saturated rings. The number of methoxy groups -OCH3 is 1. The van der Waals surface area contributed by atoms with Gasteiger partial charge in [0.05, 0.1) is 23.3 Å². The molecule has 1 saturated carbocycles. The highest BCUT2D eigenvalue weighted by Gasteiger charge is 2.52. The van der Waals surface area contributed by atoms with Crippen molar-refractivity contribution in [1.29, 1.82) is 0 Å². The number of aromatic amines is 1. The van der Waals surface area contributed by atoms with Gasteiger partial charge in [-0.15, -0.1) is 0 Å². The fourth-order valence-corrected chi connectivity index (χ4v) is 4.32. The van der Waals surface area contributed by atoms with Crippen molar-refractivity contribution in [2.24, 2.45) is 0 Å². The minimum atomic E-state index is -0.539. The van der Waals surface area contributed by atoms with Gasteiger partial charge < -0.3 is 19.7 Å². The van der Waals surface area contributed by atoms with Crippen LogP contribution in [0.5, 0.6) is 0 Å². The van der Waals surface area contributed by atoms with Gasteiger partial charge in [-0.25, -0.2) is 4.79 Å². The lowest BCUT2D eigenvalue weighted by Crippen LogP contribution is -2.53. The Morgan fingerprint density at radius 3 is 3.00 bits per heavy atom. The number of carbonyl (C=O) groups excluding carboxylic acids is 1. The zero-order chi connectivity index (χ0) is 17.6. The number of fused-ring (bicyclic) bond motifs is 2. The van der Waals surface area contributed by atoms with E-state index >= 15 is 0 Å². The number of hydrogen-bond acceptors (Lipinski definition) is 5. The van der Waals surface area contributed by atoms with E-state index in [1.807, 2.05) is 6.07 Å². The molecule has 1 amide bonds. The number of rotatable bonds is 2. The van der Waals surface area contributed by atoms with Crippen molar-refractivity contribution in [3.63, 3.8) is 0 Å². The van der Waals surface area contributed by atoms with Crippen LogP contribution in [-0.4, -0.2) is 57.3 Å². The van der Waals surface area contributed by atoms with Crippen molar-refractivity contribution in [2.75, 3.05) is 13.7 Å². The van der Waals surface area contributed by atoms with Crippen LogP contribution >= 0.6 is 0 Å². The topological polar surface area (TPSA) is 95.5 Å². The van der Waals surface area contributed by atoms with E-state index in [0.717, 1.165) is 12.8 Å². The van der Waals surface area contributed by atoms with Crippen molar-refractivity contribution in [2.45, 2.75) is 43.4 Å². The van der Waals surface area contributed by atoms with Gasteiger partial charge in [-0.1, -0.05) is 18.2 Å². The maximum absolute atomic E-state index is 13.2. The fraction of sp³-hybridized carbons (Fsp3) is 0.500. The number of H-pyrrole nitrogens is 1. The van der Waals surface area contributed by atoms with Gasteiger partial charge in [0.2, 0.25) is 0 Å². The number of hydrogen-bond donors (Lipinski definition) is 2. The molecule has 1 saturated heterocycles. The predicted molar refractivity (Wildman–Crippen MR) is 91.4 cm³/mol. The van der Waals surface area contributed by atoms with Crippen LogP contribution in [0.3, 0.4) is 0 Å². The Kier molecular flexibility index (Phi) is 3.85. The molecule has 1 aliphatic carbocycles. The van der Waals surface area contributed by atoms with Crippen LogP contribution in [-0.2, 0) is 4.74 Å². The number of benzene rings is 1. The summed E-state index contributed by atoms with van der Waals surface area (Å²) in [6.45, 7) is 0.535. The normalized spacial score (nSPS) is 29.0. The van der Waals surface area contributed by atoms with Crippen LogP contribution in [0, 0.1) is 0 Å². The lowest BCUT2D eigenvalue weighted by Gasteiger charge is -2.42. The molecule has 25 heavy (non-hydrogen) atoms. The summed E-state index contributed by atoms with van der Waals surface area (Å²) in [4.78, 5) is 33.4. The summed E-state index contributed by atoms with van der Waals surface area (Å²) in [7, 11) is 1.67. The second kappa shape index (κ2) is 5.93. The molecule has 3 atom stereocenters. The van der Waals surface area contributed by atoms with Crippen molar-refractivity contribution >= 4 is 16.8 Å². The largest absolute Gasteiger partial charge is 0.393 e. The highest BCUT2D eigenvalue weighted by atomic mass is 16.5. The Labute approximate surface area is 144 Å². The van der Waals surface area contributed by atoms with Crippen LogP contribution in [0.15, 0.2) is 29.1 Å². The van der Waals surface area contributed by atoms with Gasteiger partial charge in [0.25, 0.3) is 5.91 Å². The Hall–Kier alpha value is -2.25. The number of likely N-dealkylation sites (tertiary alicyclic amines) is 1. The number of carbonyl (C=O) groups is 1. The number of aromatic nitrogens is 2. The van der Waals surface area contributed by atoms with Crippen molar-refractivity contribution in [3.8, 4) is 0 Å². The third kappa shape index (κ3) is 2.54. The molecule has 4 rings (SSSR count). The van der Waals surface area contributed by atoms with E-state index in [9.17, 15) is 14.7 Å². The van der Waals surface area contributed by atoms with E-state index in [0.29, 0.717) is 30.3 Å². The van der Waals surface area contributed by atoms with E-state index in [2.05, 4.69) is 9.97 Å². The molecule has 0 radical (unpaired) electrons. The van der Waals surface area contributed by atoms with Crippen molar-refractivity contribution in [3.05, 3.63) is 40.4 Å². The zero-order valence-corrected chi connectivity index (χ0v) is 14.1. The molecule has 0 spiro atoms. The average Bonchev–Trinajstić information content (AvgIpc) is 2.99. The smallest absolute Gasteiger partial charge is 0.346 e. The number of nitrogens with zero attached hydrogens (tertiary/aromatic N) is 2. The number of para-hydroxylation sites is 1. The van der Waals surface area contributed by atoms with Crippen LogP contribution < -0.4 is 5.69 Å². The Morgan fingerprint density at radius 2 is 2.20 bits per heavy atom. The Balaban J connectivity index is 1.76. The Bertz CT molecular complexity index is 880. The minimum Gasteiger partial charge on any atom is -0.393 e. The molecule has 7 nitrogen and oxygen atoms in total. The highest BCUT2D eigenvalue weighted by molar-refractivity contribution is 6.04. The SMILES string of the molecule is CO[C@@]12CC[C@H](O)C[C@@H]1N(C(=O)c1nc(=O)[nH]c3ccccc13)CC2. The minimum absolute atomic E-state index is 0.159. The molecule has 0 bridgehead atoms. The number of amides is 1. The van der Waals surface area contributed by atoms with E-state index < -0.39 is 17.4 Å². The van der Waals surface area contributed by atoms with E-state index in [1.54, 1.807) is 30.2 Å². The van der Waals surface area contributed by atoms with E-state index in [-0.39, 0.29) is 17.6 Å². The van der Waals surface area contributed by atoms with Crippen LogP contribution in [0.1, 0.15) is 36.2 Å². The van der Waals surface area contributed by atoms with Gasteiger partial charge in [-0.2, -0.15) is 4.98 Å². The van der Waals surface area contributed by atoms with Gasteiger partial charge in [0.15, 0.2) is 0 Å². The zero-order valence-electron chi connectivity index (χ0n) is 14.1. The molecule has 1 aliphatic heterocycles. The van der Waals surface area contributed by atoms with Crippen LogP contribution in [0.25, 0.3) is 10.9 Å². The first-order valence-corrected chi connectivity index (χ1v) is 8.57. The summed E-state index contributed by atoms with van der Waals surface area (Å²) in [6.07, 6.45) is 2.18. The lowest BCUT2D eigenvalue weighted by molar-refractivity contribution is -0.0824. The monoisotopic (exact) mass is 343 g/mol. The lowest BCUT2D eigenvalue weighted by atomic mass is 9.79. The molecular weight excluding hydrogens is 322 g/mol. The molecular formula is C18H21N3O4. The second-order valence-corrected chi connectivity index (χ2v) is 6.90. The number of aliphatic hydroxyl groups excluding tert-OH is 1. The molecule has 2 aliphatic rings. The first-order valence-electron chi connectivity index (χ1n) is 8.57. The molecule has 2 N–H and O–H groups in total. The van der Waals surface area contributed by atoms with Crippen LogP contribution in [0.2, 0.25) is 0 Å². The quantitative estimate of drug-likeness (QED) is 0.850. The standard InChI is InChI=1S/C18H21N3O4/c1-25-18-7-6-11(22)10-14(18)21(9-8-18)16(23)15-12-4-2-3-5-13(12)19-17(24)20-15/h2-5,11,14,22H,6-10H2,1H3,(H,19,20,24)/t11-,14-,18+/m0/s1. The maximum Gasteiger partial charge on any atom is 0.346 e. The first kappa shape index (κ1) is 16.2. The molecule has 7 heteroatoms. The summed E-state index contributed by atoms with van der Waals surface area (Å²) < 4.78 is 5.79. The number of aliphatic hydroxyl groups is 1. The molecule has 2 heterocycles. The van der Waals surface area contributed by atoms with E-state index in [1.165, 1.54) is 0 Å². The van der Waals surface area contributed by atoms with Crippen molar-refractivity contribution in [1.82, 2.24) is 14.9 Å². The van der Waals surface area contributed by atoms with Crippen LogP contribution in [0.4, 0.5) is 0 Å². The fourth-order valence-electron chi connectivity index (χ4n) is 4.32. The van der Waals surface area contributed by atoms with Crippen molar-refractivity contribution < 1.29 is 14.6 Å². The summed E-state index contributed by atoms with van der Waals surface area (Å²) in [6, 6.07) is 6.95. The molecule has 1 aromatic heterocycles. The van der Waals surface area contributed by atoms with E-state index in [4.69, 9.17) is 4.74 Å². The van der Waals surface area contributed by atoms with Gasteiger partial charge in [0.1, 0.15) is 5.69 Å². The first-order chi connectivity index (χ1) is 12.0. The summed E-state index contributed by atoms with van der Waals surface area (Å²) in [5.41, 5.74) is -0.202.